The summed E-state index contributed by atoms with van der Waals surface area (Å²) in [6.45, 7) is 0.568. The van der Waals surface area contributed by atoms with E-state index in [-0.39, 0.29) is 31.5 Å². The third-order valence-corrected chi connectivity index (χ3v) is 2.97. The second-order valence-electron chi connectivity index (χ2n) is 4.66. The predicted octanol–water partition coefficient (Wildman–Crippen LogP) is -0.00180. The van der Waals surface area contributed by atoms with E-state index >= 15 is 0 Å². The maximum atomic E-state index is 12.0. The molecule has 1 aromatic rings. The van der Waals surface area contributed by atoms with Gasteiger partial charge in [-0.15, -0.1) is 12.4 Å². The second-order valence-corrected chi connectivity index (χ2v) is 4.66. The van der Waals surface area contributed by atoms with Crippen LogP contribution in [0.3, 0.4) is 0 Å². The fraction of sp³-hybridized carbons (Fsp3) is 0.385. The van der Waals surface area contributed by atoms with Gasteiger partial charge in [0.05, 0.1) is 12.5 Å². The Morgan fingerprint density at radius 1 is 1.33 bits per heavy atom. The zero-order valence-corrected chi connectivity index (χ0v) is 12.4. The molecular formula is C13H18ClN3O4. The van der Waals surface area contributed by atoms with Crippen LogP contribution in [0.2, 0.25) is 0 Å². The van der Waals surface area contributed by atoms with Gasteiger partial charge in [0.2, 0.25) is 18.6 Å². The van der Waals surface area contributed by atoms with Gasteiger partial charge in [-0.2, -0.15) is 0 Å². The number of ether oxygens (including phenoxy) is 2. The average molecular weight is 316 g/mol. The van der Waals surface area contributed by atoms with Gasteiger partial charge >= 0.3 is 0 Å². The molecule has 1 heterocycles. The van der Waals surface area contributed by atoms with Crippen LogP contribution in [-0.2, 0) is 16.1 Å². The first-order valence-electron chi connectivity index (χ1n) is 6.14. The van der Waals surface area contributed by atoms with E-state index in [0.29, 0.717) is 18.0 Å². The lowest BCUT2D eigenvalue weighted by molar-refractivity contribution is -0.133. The summed E-state index contributed by atoms with van der Waals surface area (Å²) >= 11 is 0. The zero-order valence-electron chi connectivity index (χ0n) is 11.6. The maximum absolute atomic E-state index is 12.0. The number of nitrogens with zero attached hydrogens (tertiary/aromatic N) is 1. The normalized spacial score (nSPS) is 13.2. The van der Waals surface area contributed by atoms with E-state index in [9.17, 15) is 9.59 Å². The number of carbonyl (C=O) groups is 2. The topological polar surface area (TPSA) is 108 Å². The average Bonchev–Trinajstić information content (AvgIpc) is 2.84. The quantitative estimate of drug-likeness (QED) is 0.795. The summed E-state index contributed by atoms with van der Waals surface area (Å²) < 4.78 is 10.5. The Labute approximate surface area is 128 Å². The molecule has 4 N–H and O–H groups in total. The van der Waals surface area contributed by atoms with E-state index in [1.54, 1.807) is 13.1 Å². The van der Waals surface area contributed by atoms with E-state index in [0.717, 1.165) is 5.56 Å². The molecular weight excluding hydrogens is 298 g/mol. The number of fused-ring (bicyclic) bond motifs is 1. The fourth-order valence-electron chi connectivity index (χ4n) is 1.98. The number of halogens is 1. The Balaban J connectivity index is 0.00000220. The highest BCUT2D eigenvalue weighted by molar-refractivity contribution is 5.87. The Morgan fingerprint density at radius 3 is 2.67 bits per heavy atom. The number of primary amides is 1. The summed E-state index contributed by atoms with van der Waals surface area (Å²) in [5.74, 6) is 0.418. The summed E-state index contributed by atoms with van der Waals surface area (Å²) in [6.07, 6.45) is -0.162. The van der Waals surface area contributed by atoms with E-state index in [2.05, 4.69) is 0 Å². The number of carbonyl (C=O) groups excluding carboxylic acids is 2. The second kappa shape index (κ2) is 7.14. The van der Waals surface area contributed by atoms with Crippen LogP contribution in [0.15, 0.2) is 18.2 Å². The van der Waals surface area contributed by atoms with Crippen molar-refractivity contribution in [2.45, 2.75) is 19.0 Å². The minimum Gasteiger partial charge on any atom is -0.454 e. The number of nitrogens with two attached hydrogens (primary N) is 2. The molecule has 0 aromatic heterocycles. The van der Waals surface area contributed by atoms with E-state index in [1.165, 1.54) is 4.90 Å². The van der Waals surface area contributed by atoms with Gasteiger partial charge in [-0.1, -0.05) is 6.07 Å². The van der Waals surface area contributed by atoms with Crippen molar-refractivity contribution in [2.24, 2.45) is 11.5 Å². The molecule has 0 spiro atoms. The molecule has 1 aromatic carbocycles. The summed E-state index contributed by atoms with van der Waals surface area (Å²) in [7, 11) is 1.62. The summed E-state index contributed by atoms with van der Waals surface area (Å²) in [4.78, 5) is 24.2. The molecule has 1 atom stereocenters. The molecule has 0 saturated carbocycles. The number of amides is 2. The summed E-state index contributed by atoms with van der Waals surface area (Å²) in [6, 6.07) is 4.54. The number of rotatable bonds is 5. The molecule has 0 fully saturated rings. The predicted molar refractivity (Wildman–Crippen MR) is 78.1 cm³/mol. The third kappa shape index (κ3) is 4.24. The molecule has 2 rings (SSSR count). The van der Waals surface area contributed by atoms with Gasteiger partial charge in [0, 0.05) is 13.6 Å². The van der Waals surface area contributed by atoms with Crippen LogP contribution in [0.1, 0.15) is 12.0 Å². The summed E-state index contributed by atoms with van der Waals surface area (Å²) in [5, 5.41) is 0. The number of hydrogen-bond acceptors (Lipinski definition) is 5. The van der Waals surface area contributed by atoms with Crippen molar-refractivity contribution in [2.75, 3.05) is 13.8 Å². The van der Waals surface area contributed by atoms with Crippen molar-refractivity contribution in [3.8, 4) is 11.5 Å². The van der Waals surface area contributed by atoms with Gasteiger partial charge in [-0.05, 0) is 17.7 Å². The van der Waals surface area contributed by atoms with E-state index in [4.69, 9.17) is 20.9 Å². The molecule has 1 aliphatic heterocycles. The van der Waals surface area contributed by atoms with Gasteiger partial charge in [0.25, 0.3) is 0 Å². The molecule has 0 radical (unpaired) electrons. The highest BCUT2D eigenvalue weighted by Gasteiger charge is 2.21. The van der Waals surface area contributed by atoms with Crippen molar-refractivity contribution < 1.29 is 19.1 Å². The number of hydrogen-bond donors (Lipinski definition) is 2. The Kier molecular flexibility index (Phi) is 5.80. The molecule has 0 bridgehead atoms. The highest BCUT2D eigenvalue weighted by atomic mass is 35.5. The monoisotopic (exact) mass is 315 g/mol. The zero-order chi connectivity index (χ0) is 14.7. The van der Waals surface area contributed by atoms with E-state index < -0.39 is 11.9 Å². The van der Waals surface area contributed by atoms with Crippen LogP contribution in [0.5, 0.6) is 11.5 Å². The standard InChI is InChI=1S/C13H17N3O4.ClH/c1-16(13(18)9(14)5-12(15)17)6-8-2-3-10-11(4-8)20-7-19-10;/h2-4,9H,5-7,14H2,1H3,(H2,15,17);1H. The Bertz CT molecular complexity index is 538. The summed E-state index contributed by atoms with van der Waals surface area (Å²) in [5.41, 5.74) is 11.5. The van der Waals surface area contributed by atoms with Crippen molar-refractivity contribution in [3.05, 3.63) is 23.8 Å². The lowest BCUT2D eigenvalue weighted by Gasteiger charge is -2.20. The van der Waals surface area contributed by atoms with Crippen molar-refractivity contribution in [1.29, 1.82) is 0 Å². The van der Waals surface area contributed by atoms with Crippen molar-refractivity contribution >= 4 is 24.2 Å². The largest absolute Gasteiger partial charge is 0.454 e. The SMILES string of the molecule is CN(Cc1ccc2c(c1)OCO2)C(=O)C(N)CC(N)=O.Cl. The van der Waals surface area contributed by atoms with Gasteiger partial charge in [-0.25, -0.2) is 0 Å². The van der Waals surface area contributed by atoms with Crippen LogP contribution in [0.25, 0.3) is 0 Å². The third-order valence-electron chi connectivity index (χ3n) is 2.97. The molecule has 21 heavy (non-hydrogen) atoms. The minimum atomic E-state index is -0.911. The first kappa shape index (κ1) is 17.1. The first-order valence-corrected chi connectivity index (χ1v) is 6.14. The van der Waals surface area contributed by atoms with Crippen LogP contribution in [0.4, 0.5) is 0 Å². The Hall–Kier alpha value is -1.99. The van der Waals surface area contributed by atoms with Crippen LogP contribution >= 0.6 is 12.4 Å². The van der Waals surface area contributed by atoms with E-state index in [1.807, 2.05) is 12.1 Å². The smallest absolute Gasteiger partial charge is 0.240 e. The molecule has 7 nitrogen and oxygen atoms in total. The molecule has 116 valence electrons. The minimum absolute atomic E-state index is 0. The van der Waals surface area contributed by atoms with Gasteiger partial charge < -0.3 is 25.8 Å². The van der Waals surface area contributed by atoms with Crippen molar-refractivity contribution in [3.63, 3.8) is 0 Å². The Morgan fingerprint density at radius 2 is 2.00 bits per heavy atom. The molecule has 8 heteroatoms. The maximum Gasteiger partial charge on any atom is 0.240 e. The molecule has 0 saturated heterocycles. The van der Waals surface area contributed by atoms with Crippen LogP contribution in [0, 0.1) is 0 Å². The molecule has 1 unspecified atom stereocenters. The van der Waals surface area contributed by atoms with Gasteiger partial charge in [0.15, 0.2) is 11.5 Å². The molecule has 1 aliphatic rings. The fourth-order valence-corrected chi connectivity index (χ4v) is 1.98. The number of benzene rings is 1. The molecule has 2 amide bonds. The van der Waals surface area contributed by atoms with Gasteiger partial charge in [-0.3, -0.25) is 9.59 Å². The van der Waals surface area contributed by atoms with Crippen molar-refractivity contribution in [1.82, 2.24) is 4.90 Å². The molecule has 0 aliphatic carbocycles. The van der Waals surface area contributed by atoms with Crippen LogP contribution < -0.4 is 20.9 Å². The number of likely N-dealkylation sites (N-methyl/N-ethyl adjacent to an activating group) is 1. The van der Waals surface area contributed by atoms with Crippen LogP contribution in [-0.4, -0.2) is 36.6 Å². The van der Waals surface area contributed by atoms with Gasteiger partial charge in [0.1, 0.15) is 0 Å². The highest BCUT2D eigenvalue weighted by Crippen LogP contribution is 2.32. The first-order chi connectivity index (χ1) is 9.47. The lowest BCUT2D eigenvalue weighted by Crippen LogP contribution is -2.43. The lowest BCUT2D eigenvalue weighted by atomic mass is 10.1.